The molecule has 2 aromatic heterocycles. The molecule has 0 aliphatic heterocycles. The lowest BCUT2D eigenvalue weighted by Crippen LogP contribution is -2.12. The molecule has 7 heteroatoms. The number of halogens is 1. The van der Waals surface area contributed by atoms with Crippen molar-refractivity contribution in [1.29, 1.82) is 0 Å². The fraction of sp³-hybridized carbons (Fsp3) is 0.455. The summed E-state index contributed by atoms with van der Waals surface area (Å²) in [5, 5.41) is 10.4. The number of hydrogen-bond acceptors (Lipinski definition) is 5. The van der Waals surface area contributed by atoms with E-state index >= 15 is 0 Å². The highest BCUT2D eigenvalue weighted by Gasteiger charge is 2.13. The molecular formula is C11H15ClN6. The Balaban J connectivity index is 2.25. The van der Waals surface area contributed by atoms with Crippen LogP contribution in [0.25, 0.3) is 0 Å². The smallest absolute Gasteiger partial charge is 0.146 e. The lowest BCUT2D eigenvalue weighted by molar-refractivity contribution is 0.782. The van der Waals surface area contributed by atoms with Crippen LogP contribution in [0, 0.1) is 6.92 Å². The lowest BCUT2D eigenvalue weighted by Gasteiger charge is -2.15. The van der Waals surface area contributed by atoms with Gasteiger partial charge in [-0.15, -0.1) is 0 Å². The summed E-state index contributed by atoms with van der Waals surface area (Å²) in [6.45, 7) is 5.85. The molecule has 1 atom stereocenters. The Labute approximate surface area is 110 Å². The van der Waals surface area contributed by atoms with E-state index in [0.717, 1.165) is 29.5 Å². The van der Waals surface area contributed by atoms with Crippen LogP contribution in [0.15, 0.2) is 6.33 Å². The average molecular weight is 267 g/mol. The molecule has 2 rings (SSSR count). The molecule has 2 aromatic rings. The van der Waals surface area contributed by atoms with Gasteiger partial charge in [-0.05, 0) is 13.8 Å². The van der Waals surface area contributed by atoms with Crippen LogP contribution < -0.4 is 5.32 Å². The van der Waals surface area contributed by atoms with Gasteiger partial charge in [0.2, 0.25) is 0 Å². The highest BCUT2D eigenvalue weighted by molar-refractivity contribution is 6.30. The summed E-state index contributed by atoms with van der Waals surface area (Å²) in [5.74, 6) is 2.20. The second-order valence-corrected chi connectivity index (χ2v) is 4.35. The Morgan fingerprint density at radius 1 is 1.44 bits per heavy atom. The van der Waals surface area contributed by atoms with E-state index in [2.05, 4.69) is 30.5 Å². The van der Waals surface area contributed by atoms with Gasteiger partial charge in [0, 0.05) is 12.0 Å². The van der Waals surface area contributed by atoms with Gasteiger partial charge >= 0.3 is 0 Å². The minimum absolute atomic E-state index is 0.0260. The molecule has 0 amide bonds. The third kappa shape index (κ3) is 2.59. The molecule has 96 valence electrons. The van der Waals surface area contributed by atoms with E-state index in [1.807, 2.05) is 20.8 Å². The minimum atomic E-state index is -0.0260. The largest absolute Gasteiger partial charge is 0.360 e. The highest BCUT2D eigenvalue weighted by atomic mass is 35.5. The molecule has 0 saturated heterocycles. The monoisotopic (exact) mass is 266 g/mol. The Morgan fingerprint density at radius 3 is 2.83 bits per heavy atom. The van der Waals surface area contributed by atoms with Crippen molar-refractivity contribution in [2.24, 2.45) is 0 Å². The molecule has 0 aromatic carbocycles. The number of anilines is 1. The molecule has 0 saturated carbocycles. The van der Waals surface area contributed by atoms with Crippen LogP contribution in [0.5, 0.6) is 0 Å². The van der Waals surface area contributed by atoms with Crippen molar-refractivity contribution in [3.05, 3.63) is 28.7 Å². The van der Waals surface area contributed by atoms with Gasteiger partial charge in [-0.1, -0.05) is 18.5 Å². The highest BCUT2D eigenvalue weighted by Crippen LogP contribution is 2.23. The van der Waals surface area contributed by atoms with Gasteiger partial charge in [-0.2, -0.15) is 5.10 Å². The molecule has 18 heavy (non-hydrogen) atoms. The SMILES string of the molecule is CCc1nc(Cl)c(C)c(NC(C)c2ncn[nH]2)n1. The maximum absolute atomic E-state index is 6.08. The summed E-state index contributed by atoms with van der Waals surface area (Å²) < 4.78 is 0. The van der Waals surface area contributed by atoms with Gasteiger partial charge < -0.3 is 5.32 Å². The van der Waals surface area contributed by atoms with Gasteiger partial charge in [-0.25, -0.2) is 15.0 Å². The number of aromatic nitrogens is 5. The third-order valence-corrected chi connectivity index (χ3v) is 3.01. The zero-order chi connectivity index (χ0) is 13.1. The summed E-state index contributed by atoms with van der Waals surface area (Å²) in [6, 6.07) is -0.0260. The maximum Gasteiger partial charge on any atom is 0.146 e. The van der Waals surface area contributed by atoms with Crippen molar-refractivity contribution >= 4 is 17.4 Å². The van der Waals surface area contributed by atoms with Crippen LogP contribution in [0.2, 0.25) is 5.15 Å². The topological polar surface area (TPSA) is 79.4 Å². The van der Waals surface area contributed by atoms with E-state index in [-0.39, 0.29) is 6.04 Å². The summed E-state index contributed by atoms with van der Waals surface area (Å²) in [5.41, 5.74) is 0.834. The van der Waals surface area contributed by atoms with Crippen molar-refractivity contribution in [1.82, 2.24) is 25.1 Å². The number of nitrogens with one attached hydrogen (secondary N) is 2. The molecule has 6 nitrogen and oxygen atoms in total. The van der Waals surface area contributed by atoms with Crippen LogP contribution in [0.1, 0.15) is 37.1 Å². The van der Waals surface area contributed by atoms with Crippen molar-refractivity contribution in [2.75, 3.05) is 5.32 Å². The first-order valence-electron chi connectivity index (χ1n) is 5.76. The molecule has 0 aliphatic carbocycles. The minimum Gasteiger partial charge on any atom is -0.360 e. The molecule has 0 bridgehead atoms. The Hall–Kier alpha value is -1.69. The van der Waals surface area contributed by atoms with E-state index in [9.17, 15) is 0 Å². The van der Waals surface area contributed by atoms with Gasteiger partial charge in [0.25, 0.3) is 0 Å². The van der Waals surface area contributed by atoms with Gasteiger partial charge in [0.15, 0.2) is 0 Å². The first-order chi connectivity index (χ1) is 8.61. The summed E-state index contributed by atoms with van der Waals surface area (Å²) in [4.78, 5) is 12.7. The van der Waals surface area contributed by atoms with Crippen LogP contribution in [0.3, 0.4) is 0 Å². The Bertz CT molecular complexity index is 525. The lowest BCUT2D eigenvalue weighted by atomic mass is 10.2. The predicted molar refractivity (Wildman–Crippen MR) is 69.6 cm³/mol. The van der Waals surface area contributed by atoms with E-state index in [1.54, 1.807) is 0 Å². The van der Waals surface area contributed by atoms with Crippen LogP contribution in [0.4, 0.5) is 5.82 Å². The fourth-order valence-electron chi connectivity index (χ4n) is 1.53. The Morgan fingerprint density at radius 2 is 2.22 bits per heavy atom. The molecule has 2 N–H and O–H groups in total. The van der Waals surface area contributed by atoms with E-state index in [4.69, 9.17) is 11.6 Å². The van der Waals surface area contributed by atoms with Gasteiger partial charge in [-0.3, -0.25) is 5.10 Å². The van der Waals surface area contributed by atoms with Crippen molar-refractivity contribution in [3.8, 4) is 0 Å². The second-order valence-electron chi connectivity index (χ2n) is 3.99. The average Bonchev–Trinajstić information content (AvgIpc) is 2.88. The van der Waals surface area contributed by atoms with Crippen LogP contribution in [-0.2, 0) is 6.42 Å². The van der Waals surface area contributed by atoms with Gasteiger partial charge in [0.1, 0.15) is 28.9 Å². The molecule has 0 fully saturated rings. The maximum atomic E-state index is 6.08. The van der Waals surface area contributed by atoms with Crippen molar-refractivity contribution < 1.29 is 0 Å². The number of nitrogens with zero attached hydrogens (tertiary/aromatic N) is 4. The van der Waals surface area contributed by atoms with Crippen LogP contribution in [-0.4, -0.2) is 25.1 Å². The third-order valence-electron chi connectivity index (χ3n) is 2.65. The number of aryl methyl sites for hydroxylation is 1. The summed E-state index contributed by atoms with van der Waals surface area (Å²) in [7, 11) is 0. The van der Waals surface area contributed by atoms with E-state index in [0.29, 0.717) is 5.15 Å². The summed E-state index contributed by atoms with van der Waals surface area (Å²) >= 11 is 6.08. The first-order valence-corrected chi connectivity index (χ1v) is 6.14. The van der Waals surface area contributed by atoms with Crippen molar-refractivity contribution in [3.63, 3.8) is 0 Å². The first kappa shape index (κ1) is 12.8. The number of aromatic amines is 1. The molecule has 1 unspecified atom stereocenters. The zero-order valence-corrected chi connectivity index (χ0v) is 11.3. The second kappa shape index (κ2) is 5.30. The Kier molecular flexibility index (Phi) is 3.76. The predicted octanol–water partition coefficient (Wildman–Crippen LogP) is 2.29. The number of hydrogen-bond donors (Lipinski definition) is 2. The molecule has 0 spiro atoms. The standard InChI is InChI=1S/C11H15ClN6/c1-4-8-16-9(12)6(2)10(17-8)15-7(3)11-13-5-14-18-11/h5,7H,4H2,1-3H3,(H,13,14,18)(H,15,16,17). The molecule has 2 heterocycles. The normalized spacial score (nSPS) is 12.4. The molecular weight excluding hydrogens is 252 g/mol. The molecule has 0 radical (unpaired) electrons. The van der Waals surface area contributed by atoms with E-state index in [1.165, 1.54) is 6.33 Å². The molecule has 0 aliphatic rings. The quantitative estimate of drug-likeness (QED) is 0.830. The van der Waals surface area contributed by atoms with Gasteiger partial charge in [0.05, 0.1) is 6.04 Å². The summed E-state index contributed by atoms with van der Waals surface area (Å²) in [6.07, 6.45) is 2.22. The van der Waals surface area contributed by atoms with E-state index < -0.39 is 0 Å². The zero-order valence-electron chi connectivity index (χ0n) is 10.5. The number of rotatable bonds is 4. The fourth-order valence-corrected chi connectivity index (χ4v) is 1.72. The van der Waals surface area contributed by atoms with Crippen molar-refractivity contribution in [2.45, 2.75) is 33.2 Å². The number of H-pyrrole nitrogens is 1. The van der Waals surface area contributed by atoms with Crippen LogP contribution >= 0.6 is 11.6 Å².